The molecule has 0 amide bonds. The number of rotatable bonds is 8. The van der Waals surface area contributed by atoms with Crippen molar-refractivity contribution in [1.82, 2.24) is 0 Å². The molecule has 0 fully saturated rings. The van der Waals surface area contributed by atoms with Gasteiger partial charge in [0.15, 0.2) is 0 Å². The van der Waals surface area contributed by atoms with Crippen molar-refractivity contribution in [3.05, 3.63) is 58.7 Å². The molecule has 0 spiro atoms. The summed E-state index contributed by atoms with van der Waals surface area (Å²) in [6.07, 6.45) is -9.05. The van der Waals surface area contributed by atoms with Gasteiger partial charge in [-0.1, -0.05) is 12.1 Å². The molecule has 2 aromatic carbocycles. The normalized spacial score (nSPS) is 12.0. The Morgan fingerprint density at radius 3 is 1.40 bits per heavy atom. The first kappa shape index (κ1) is 23.6. The molecule has 2 aromatic rings. The van der Waals surface area contributed by atoms with Crippen molar-refractivity contribution in [3.63, 3.8) is 0 Å². The number of hydrogen-bond donors (Lipinski definition) is 0. The number of aryl methyl sites for hydroxylation is 2. The molecule has 0 saturated heterocycles. The lowest BCUT2D eigenvalue weighted by atomic mass is 9.99. The van der Waals surface area contributed by atoms with Crippen LogP contribution in [0, 0.1) is 0 Å². The van der Waals surface area contributed by atoms with E-state index in [0.29, 0.717) is 11.1 Å². The highest BCUT2D eigenvalue weighted by Crippen LogP contribution is 2.38. The Bertz CT molecular complexity index is 816. The summed E-state index contributed by atoms with van der Waals surface area (Å²) in [5, 5.41) is 0. The molecule has 164 valence electrons. The predicted molar refractivity (Wildman–Crippen MR) is 97.6 cm³/mol. The Morgan fingerprint density at radius 1 is 0.733 bits per heavy atom. The van der Waals surface area contributed by atoms with E-state index in [-0.39, 0.29) is 43.0 Å². The molecule has 0 saturated carbocycles. The van der Waals surface area contributed by atoms with Crippen molar-refractivity contribution in [2.45, 2.75) is 38.0 Å². The maximum absolute atomic E-state index is 13.1. The fraction of sp³-hybridized carbons (Fsp3) is 0.381. The van der Waals surface area contributed by atoms with E-state index in [1.54, 1.807) is 0 Å². The smallest absolute Gasteiger partial charge is 0.419 e. The number of ketones is 1. The van der Waals surface area contributed by atoms with Crippen molar-refractivity contribution in [2.24, 2.45) is 0 Å². The molecule has 30 heavy (non-hydrogen) atoms. The Labute approximate surface area is 169 Å². The minimum absolute atomic E-state index is 0.0219. The SMILES string of the molecule is COc1ccc(CCC(=O)CCc2ccc(OC)c(C(F)(F)F)c2)cc1C(F)(F)F. The minimum Gasteiger partial charge on any atom is -0.496 e. The van der Waals surface area contributed by atoms with Crippen LogP contribution < -0.4 is 9.47 Å². The second-order valence-electron chi connectivity index (χ2n) is 6.60. The molecule has 0 aliphatic heterocycles. The molecule has 0 atom stereocenters. The van der Waals surface area contributed by atoms with Gasteiger partial charge in [-0.25, -0.2) is 0 Å². The van der Waals surface area contributed by atoms with E-state index in [9.17, 15) is 31.1 Å². The quantitative estimate of drug-likeness (QED) is 0.487. The molecule has 3 nitrogen and oxygen atoms in total. The third-order valence-corrected chi connectivity index (χ3v) is 4.52. The van der Waals surface area contributed by atoms with E-state index in [0.717, 1.165) is 26.4 Å². The Hall–Kier alpha value is -2.71. The van der Waals surface area contributed by atoms with Crippen LogP contribution in [0.3, 0.4) is 0 Å². The van der Waals surface area contributed by atoms with Gasteiger partial charge in [-0.2, -0.15) is 26.3 Å². The topological polar surface area (TPSA) is 35.5 Å². The monoisotopic (exact) mass is 434 g/mol. The molecule has 0 aliphatic rings. The molecule has 0 radical (unpaired) electrons. The number of carbonyl (C=O) groups is 1. The highest BCUT2D eigenvalue weighted by atomic mass is 19.4. The number of methoxy groups -OCH3 is 2. The Morgan fingerprint density at radius 2 is 1.10 bits per heavy atom. The zero-order chi connectivity index (χ0) is 22.5. The first-order valence-corrected chi connectivity index (χ1v) is 8.95. The molecule has 0 unspecified atom stereocenters. The zero-order valence-corrected chi connectivity index (χ0v) is 16.3. The highest BCUT2D eigenvalue weighted by molar-refractivity contribution is 5.78. The summed E-state index contributed by atoms with van der Waals surface area (Å²) in [5.41, 5.74) is -1.21. The summed E-state index contributed by atoms with van der Waals surface area (Å²) in [6.45, 7) is 0. The van der Waals surface area contributed by atoms with Crippen LogP contribution in [0.2, 0.25) is 0 Å². The first-order valence-electron chi connectivity index (χ1n) is 8.95. The van der Waals surface area contributed by atoms with Crippen LogP contribution in [-0.2, 0) is 30.0 Å². The molecule has 0 aliphatic carbocycles. The lowest BCUT2D eigenvalue weighted by molar-refractivity contribution is -0.139. The fourth-order valence-electron chi connectivity index (χ4n) is 2.96. The Kier molecular flexibility index (Phi) is 7.39. The largest absolute Gasteiger partial charge is 0.496 e. The van der Waals surface area contributed by atoms with E-state index >= 15 is 0 Å². The van der Waals surface area contributed by atoms with Gasteiger partial charge < -0.3 is 9.47 Å². The van der Waals surface area contributed by atoms with E-state index in [4.69, 9.17) is 9.47 Å². The summed E-state index contributed by atoms with van der Waals surface area (Å²) < 4.78 is 87.8. The summed E-state index contributed by atoms with van der Waals surface area (Å²) in [7, 11) is 2.27. The Balaban J connectivity index is 1.99. The van der Waals surface area contributed by atoms with Crippen LogP contribution >= 0.6 is 0 Å². The van der Waals surface area contributed by atoms with Gasteiger partial charge in [-0.3, -0.25) is 4.79 Å². The molecular formula is C21H20F6O3. The molecule has 0 heterocycles. The zero-order valence-electron chi connectivity index (χ0n) is 16.3. The molecular weight excluding hydrogens is 414 g/mol. The maximum atomic E-state index is 13.1. The number of carbonyl (C=O) groups excluding carboxylic acids is 1. The standard InChI is InChI=1S/C21H20F6O3/c1-29-18-9-5-13(11-16(18)20(22,23)24)3-7-15(28)8-4-14-6-10-19(30-2)17(12-14)21(25,26)27/h5-6,9-12H,3-4,7-8H2,1-2H3. The van der Waals surface area contributed by atoms with Crippen molar-refractivity contribution in [1.29, 1.82) is 0 Å². The summed E-state index contributed by atoms with van der Waals surface area (Å²) >= 11 is 0. The number of Topliss-reactive ketones (excluding diaryl/α,β-unsaturated/α-hetero) is 1. The van der Waals surface area contributed by atoms with Crippen LogP contribution in [-0.4, -0.2) is 20.0 Å². The van der Waals surface area contributed by atoms with Crippen LogP contribution in [0.25, 0.3) is 0 Å². The van der Waals surface area contributed by atoms with Gasteiger partial charge in [0.05, 0.1) is 25.3 Å². The van der Waals surface area contributed by atoms with Gasteiger partial charge in [-0.05, 0) is 48.2 Å². The third kappa shape index (κ3) is 6.14. The first-order chi connectivity index (χ1) is 14.0. The fourth-order valence-corrected chi connectivity index (χ4v) is 2.96. The number of ether oxygens (including phenoxy) is 2. The van der Waals surface area contributed by atoms with Gasteiger partial charge in [0.25, 0.3) is 0 Å². The van der Waals surface area contributed by atoms with E-state index < -0.39 is 23.5 Å². The van der Waals surface area contributed by atoms with Gasteiger partial charge in [0, 0.05) is 12.8 Å². The molecule has 9 heteroatoms. The minimum atomic E-state index is -4.59. The average Bonchev–Trinajstić information content (AvgIpc) is 2.68. The van der Waals surface area contributed by atoms with Gasteiger partial charge in [0.2, 0.25) is 0 Å². The predicted octanol–water partition coefficient (Wildman–Crippen LogP) is 5.88. The lowest BCUT2D eigenvalue weighted by Crippen LogP contribution is -2.09. The van der Waals surface area contributed by atoms with Crippen molar-refractivity contribution < 1.29 is 40.6 Å². The van der Waals surface area contributed by atoms with Crippen LogP contribution in [0.15, 0.2) is 36.4 Å². The van der Waals surface area contributed by atoms with Gasteiger partial charge in [0.1, 0.15) is 17.3 Å². The van der Waals surface area contributed by atoms with E-state index in [1.165, 1.54) is 24.3 Å². The second-order valence-corrected chi connectivity index (χ2v) is 6.60. The van der Waals surface area contributed by atoms with Crippen LogP contribution in [0.1, 0.15) is 35.1 Å². The lowest BCUT2D eigenvalue weighted by Gasteiger charge is -2.14. The van der Waals surface area contributed by atoms with Gasteiger partial charge >= 0.3 is 12.4 Å². The van der Waals surface area contributed by atoms with Crippen LogP contribution in [0.5, 0.6) is 11.5 Å². The maximum Gasteiger partial charge on any atom is 0.419 e. The van der Waals surface area contributed by atoms with Crippen molar-refractivity contribution >= 4 is 5.78 Å². The molecule has 0 aromatic heterocycles. The second kappa shape index (κ2) is 9.40. The van der Waals surface area contributed by atoms with Crippen molar-refractivity contribution in [3.8, 4) is 11.5 Å². The summed E-state index contributed by atoms with van der Waals surface area (Å²) in [6, 6.07) is 7.15. The van der Waals surface area contributed by atoms with Crippen molar-refractivity contribution in [2.75, 3.05) is 14.2 Å². The van der Waals surface area contributed by atoms with Crippen LogP contribution in [0.4, 0.5) is 26.3 Å². The average molecular weight is 434 g/mol. The number of halogens is 6. The highest BCUT2D eigenvalue weighted by Gasteiger charge is 2.35. The van der Waals surface area contributed by atoms with E-state index in [2.05, 4.69) is 0 Å². The summed E-state index contributed by atoms with van der Waals surface area (Å²) in [4.78, 5) is 12.1. The number of hydrogen-bond acceptors (Lipinski definition) is 3. The number of alkyl halides is 6. The van der Waals surface area contributed by atoms with Gasteiger partial charge in [-0.15, -0.1) is 0 Å². The molecule has 0 N–H and O–H groups in total. The molecule has 2 rings (SSSR count). The number of benzene rings is 2. The third-order valence-electron chi connectivity index (χ3n) is 4.52. The molecule has 0 bridgehead atoms. The van der Waals surface area contributed by atoms with E-state index in [1.807, 2.05) is 0 Å². The summed E-state index contributed by atoms with van der Waals surface area (Å²) in [5.74, 6) is -0.876.